The van der Waals surface area contributed by atoms with Crippen LogP contribution in [0.1, 0.15) is 26.7 Å². The third-order valence-corrected chi connectivity index (χ3v) is 4.54. The summed E-state index contributed by atoms with van der Waals surface area (Å²) in [6, 6.07) is 4.56. The lowest BCUT2D eigenvalue weighted by molar-refractivity contribution is -0.921. The maximum atomic E-state index is 12.5. The van der Waals surface area contributed by atoms with Crippen molar-refractivity contribution in [2.45, 2.75) is 39.1 Å². The highest BCUT2D eigenvalue weighted by molar-refractivity contribution is 5.93. The second-order valence-electron chi connectivity index (χ2n) is 6.49. The number of ether oxygens (including phenoxy) is 2. The number of alkyl halides is 3. The summed E-state index contributed by atoms with van der Waals surface area (Å²) in [5.74, 6) is -1.07. The zero-order chi connectivity index (χ0) is 20.0. The number of carbonyl (C=O) groups is 2. The monoisotopic (exact) mass is 389 g/mol. The zero-order valence-corrected chi connectivity index (χ0v) is 15.3. The molecular weight excluding hydrogens is 365 g/mol. The molecule has 150 valence electrons. The quantitative estimate of drug-likeness (QED) is 0.728. The summed E-state index contributed by atoms with van der Waals surface area (Å²) in [4.78, 5) is 25.4. The van der Waals surface area contributed by atoms with Crippen LogP contribution in [0.4, 0.5) is 18.9 Å². The highest BCUT2D eigenvalue weighted by Gasteiger charge is 2.35. The van der Waals surface area contributed by atoms with Crippen LogP contribution in [0, 0.1) is 5.92 Å². The van der Waals surface area contributed by atoms with Crippen LogP contribution in [-0.2, 0) is 14.3 Å². The molecule has 1 aromatic rings. The Kier molecular flexibility index (Phi) is 7.06. The highest BCUT2D eigenvalue weighted by atomic mass is 19.4. The Morgan fingerprint density at radius 3 is 2.56 bits per heavy atom. The Morgan fingerprint density at radius 1 is 1.30 bits per heavy atom. The second kappa shape index (κ2) is 9.07. The molecule has 1 aliphatic heterocycles. The molecule has 6 nitrogen and oxygen atoms in total. The van der Waals surface area contributed by atoms with E-state index in [0.717, 1.165) is 36.4 Å². The molecule has 2 N–H and O–H groups in total. The van der Waals surface area contributed by atoms with Crippen molar-refractivity contribution in [3.63, 3.8) is 0 Å². The zero-order valence-electron chi connectivity index (χ0n) is 15.3. The van der Waals surface area contributed by atoms with Crippen LogP contribution in [0.2, 0.25) is 0 Å². The van der Waals surface area contributed by atoms with Crippen LogP contribution < -0.4 is 15.0 Å². The maximum absolute atomic E-state index is 12.5. The van der Waals surface area contributed by atoms with Gasteiger partial charge in [0.15, 0.2) is 6.04 Å². The van der Waals surface area contributed by atoms with Crippen molar-refractivity contribution in [1.82, 2.24) is 0 Å². The number of benzene rings is 1. The predicted octanol–water partition coefficient (Wildman–Crippen LogP) is 1.77. The van der Waals surface area contributed by atoms with E-state index in [1.807, 2.05) is 0 Å². The van der Waals surface area contributed by atoms with Crippen molar-refractivity contribution in [3.05, 3.63) is 24.3 Å². The number of hydrogen-bond donors (Lipinski definition) is 2. The predicted molar refractivity (Wildman–Crippen MR) is 91.3 cm³/mol. The molecule has 0 spiro atoms. The van der Waals surface area contributed by atoms with E-state index in [9.17, 15) is 22.8 Å². The van der Waals surface area contributed by atoms with Crippen molar-refractivity contribution >= 4 is 17.6 Å². The van der Waals surface area contributed by atoms with E-state index < -0.39 is 12.4 Å². The SMILES string of the molecule is CCOC(=O)[C@H]1CCC[NH+]([C@@H](C)C(=O)Nc2ccc(OC(F)(F)F)cc2)C1. The number of hydrogen-bond acceptors (Lipinski definition) is 4. The van der Waals surface area contributed by atoms with Gasteiger partial charge in [-0.2, -0.15) is 0 Å². The first kappa shape index (κ1) is 21.0. The lowest BCUT2D eigenvalue weighted by atomic mass is 9.97. The standard InChI is InChI=1S/C18H23F3N2O4/c1-3-26-17(25)13-5-4-10-23(11-13)12(2)16(24)22-14-6-8-15(9-7-14)27-18(19,20)21/h6-9,12-13H,3-5,10-11H2,1-2H3,(H,22,24)/p+1/t12-,13-/m0/s1. The van der Waals surface area contributed by atoms with E-state index in [-0.39, 0.29) is 23.5 Å². The molecule has 2 rings (SSSR count). The van der Waals surface area contributed by atoms with E-state index >= 15 is 0 Å². The molecule has 0 bridgehead atoms. The van der Waals surface area contributed by atoms with E-state index in [4.69, 9.17) is 4.74 Å². The first-order chi connectivity index (χ1) is 12.7. The fourth-order valence-corrected chi connectivity index (χ4v) is 3.13. The second-order valence-corrected chi connectivity index (χ2v) is 6.49. The number of rotatable bonds is 6. The number of piperidine rings is 1. The van der Waals surface area contributed by atoms with E-state index in [2.05, 4.69) is 10.1 Å². The lowest BCUT2D eigenvalue weighted by Gasteiger charge is -2.32. The molecular formula is C18H24F3N2O4+. The molecule has 1 aliphatic rings. The van der Waals surface area contributed by atoms with Gasteiger partial charge in [-0.05, 0) is 51.0 Å². The number of quaternary nitrogens is 1. The summed E-state index contributed by atoms with van der Waals surface area (Å²) in [5.41, 5.74) is 0.375. The van der Waals surface area contributed by atoms with Crippen molar-refractivity contribution in [3.8, 4) is 5.75 Å². The molecule has 3 atom stereocenters. The van der Waals surface area contributed by atoms with Gasteiger partial charge < -0.3 is 19.7 Å². The van der Waals surface area contributed by atoms with Gasteiger partial charge in [0.2, 0.25) is 0 Å². The van der Waals surface area contributed by atoms with Crippen LogP contribution in [0.15, 0.2) is 24.3 Å². The van der Waals surface area contributed by atoms with E-state index in [0.29, 0.717) is 18.8 Å². The molecule has 27 heavy (non-hydrogen) atoms. The van der Waals surface area contributed by atoms with Gasteiger partial charge in [0.1, 0.15) is 11.7 Å². The van der Waals surface area contributed by atoms with Gasteiger partial charge in [0, 0.05) is 5.69 Å². The fourth-order valence-electron chi connectivity index (χ4n) is 3.13. The number of likely N-dealkylation sites (tertiary alicyclic amines) is 1. The summed E-state index contributed by atoms with van der Waals surface area (Å²) in [6.07, 6.45) is -3.19. The largest absolute Gasteiger partial charge is 0.573 e. The molecule has 0 aromatic heterocycles. The normalized spacial score (nSPS) is 21.2. The Balaban J connectivity index is 1.92. The minimum absolute atomic E-state index is 0.220. The molecule has 0 radical (unpaired) electrons. The molecule has 1 unspecified atom stereocenters. The van der Waals surface area contributed by atoms with Crippen LogP contribution in [0.5, 0.6) is 5.75 Å². The Labute approximate surface area is 155 Å². The molecule has 1 fully saturated rings. The van der Waals surface area contributed by atoms with Crippen molar-refractivity contribution in [2.75, 3.05) is 25.0 Å². The number of carbonyl (C=O) groups excluding carboxylic acids is 2. The molecule has 9 heteroatoms. The molecule has 1 saturated heterocycles. The topological polar surface area (TPSA) is 69.1 Å². The van der Waals surface area contributed by atoms with Crippen LogP contribution >= 0.6 is 0 Å². The summed E-state index contributed by atoms with van der Waals surface area (Å²) in [6.45, 7) is 5.13. The third-order valence-electron chi connectivity index (χ3n) is 4.54. The van der Waals surface area contributed by atoms with E-state index in [1.165, 1.54) is 12.1 Å². The summed E-state index contributed by atoms with van der Waals surface area (Å²) in [5, 5.41) is 2.69. The van der Waals surface area contributed by atoms with Gasteiger partial charge in [-0.3, -0.25) is 9.59 Å². The van der Waals surface area contributed by atoms with Crippen molar-refractivity contribution < 1.29 is 37.1 Å². The first-order valence-corrected chi connectivity index (χ1v) is 8.87. The summed E-state index contributed by atoms with van der Waals surface area (Å²) >= 11 is 0. The van der Waals surface area contributed by atoms with Crippen LogP contribution in [-0.4, -0.2) is 44.0 Å². The van der Waals surface area contributed by atoms with Crippen molar-refractivity contribution in [2.24, 2.45) is 5.92 Å². The molecule has 0 aliphatic carbocycles. The molecule has 1 aromatic carbocycles. The molecule has 1 heterocycles. The number of anilines is 1. The Hall–Kier alpha value is -2.29. The molecule has 1 amide bonds. The summed E-state index contributed by atoms with van der Waals surface area (Å²) in [7, 11) is 0. The number of halogens is 3. The maximum Gasteiger partial charge on any atom is 0.573 e. The van der Waals surface area contributed by atoms with Crippen LogP contribution in [0.3, 0.4) is 0 Å². The van der Waals surface area contributed by atoms with Gasteiger partial charge in [-0.15, -0.1) is 13.2 Å². The average molecular weight is 389 g/mol. The Bertz CT molecular complexity index is 649. The number of esters is 1. The number of nitrogens with one attached hydrogen (secondary N) is 2. The van der Waals surface area contributed by atoms with E-state index in [1.54, 1.807) is 13.8 Å². The number of amides is 1. The van der Waals surface area contributed by atoms with Gasteiger partial charge in [-0.1, -0.05) is 0 Å². The first-order valence-electron chi connectivity index (χ1n) is 8.87. The lowest BCUT2D eigenvalue weighted by Crippen LogP contribution is -3.18. The minimum atomic E-state index is -4.76. The fraction of sp³-hybridized carbons (Fsp3) is 0.556. The minimum Gasteiger partial charge on any atom is -0.466 e. The summed E-state index contributed by atoms with van der Waals surface area (Å²) < 4.78 is 45.4. The van der Waals surface area contributed by atoms with Gasteiger partial charge in [0.05, 0.1) is 19.7 Å². The van der Waals surface area contributed by atoms with Crippen LogP contribution in [0.25, 0.3) is 0 Å². The van der Waals surface area contributed by atoms with Crippen molar-refractivity contribution in [1.29, 1.82) is 0 Å². The van der Waals surface area contributed by atoms with Gasteiger partial charge >= 0.3 is 12.3 Å². The van der Waals surface area contributed by atoms with Gasteiger partial charge in [0.25, 0.3) is 5.91 Å². The highest BCUT2D eigenvalue weighted by Crippen LogP contribution is 2.24. The third kappa shape index (κ3) is 6.42. The van der Waals surface area contributed by atoms with Gasteiger partial charge in [-0.25, -0.2) is 0 Å². The molecule has 0 saturated carbocycles. The Morgan fingerprint density at radius 2 is 1.96 bits per heavy atom. The average Bonchev–Trinajstić information content (AvgIpc) is 2.62. The smallest absolute Gasteiger partial charge is 0.466 e.